The quantitative estimate of drug-likeness (QED) is 0.391. The molecule has 0 spiro atoms. The largest absolute Gasteiger partial charge is 0.467 e. The fourth-order valence-corrected chi connectivity index (χ4v) is 3.57. The Balaban J connectivity index is 1.62. The molecular formula is C23H19NO3S. The predicted molar refractivity (Wildman–Crippen MR) is 110 cm³/mol. The summed E-state index contributed by atoms with van der Waals surface area (Å²) in [6, 6.07) is 22.5. The number of nitrogens with zero attached hydrogens (tertiary/aromatic N) is 1. The van der Waals surface area contributed by atoms with Crippen LogP contribution in [-0.4, -0.2) is 10.8 Å². The van der Waals surface area contributed by atoms with E-state index in [1.165, 1.54) is 0 Å². The summed E-state index contributed by atoms with van der Waals surface area (Å²) in [7, 11) is 0. The lowest BCUT2D eigenvalue weighted by Gasteiger charge is -2.22. The van der Waals surface area contributed by atoms with Crippen LogP contribution >= 0.6 is 11.3 Å². The highest BCUT2D eigenvalue weighted by atomic mass is 32.1. The Morgan fingerprint density at radius 3 is 2.50 bits per heavy atom. The van der Waals surface area contributed by atoms with Gasteiger partial charge < -0.3 is 14.1 Å². The third-order valence-corrected chi connectivity index (χ3v) is 4.99. The van der Waals surface area contributed by atoms with E-state index in [-0.39, 0.29) is 5.91 Å². The minimum atomic E-state index is -0.103. The molecule has 4 aromatic rings. The van der Waals surface area contributed by atoms with Gasteiger partial charge in [0.1, 0.15) is 17.3 Å². The third-order valence-electron chi connectivity index (χ3n) is 4.26. The molecule has 0 N–H and O–H groups in total. The van der Waals surface area contributed by atoms with Gasteiger partial charge in [0.05, 0.1) is 18.4 Å². The molecule has 5 heteroatoms. The summed E-state index contributed by atoms with van der Waals surface area (Å²) in [5, 5.41) is 4.06. The SMILES string of the molecule is O=C(c1ccccc1Oc1ccccc1)N(Cc1ccsc1)Cc1ccco1. The van der Waals surface area contributed by atoms with Gasteiger partial charge in [-0.05, 0) is 58.8 Å². The Morgan fingerprint density at radius 1 is 0.929 bits per heavy atom. The van der Waals surface area contributed by atoms with E-state index in [1.807, 2.05) is 72.1 Å². The molecule has 140 valence electrons. The summed E-state index contributed by atoms with van der Waals surface area (Å²) in [6.07, 6.45) is 1.62. The van der Waals surface area contributed by atoms with Crippen molar-refractivity contribution in [2.45, 2.75) is 13.1 Å². The first-order valence-electron chi connectivity index (χ1n) is 8.94. The van der Waals surface area contributed by atoms with E-state index in [9.17, 15) is 4.79 Å². The molecule has 2 aromatic carbocycles. The van der Waals surface area contributed by atoms with Gasteiger partial charge in [0.2, 0.25) is 0 Å². The van der Waals surface area contributed by atoms with Gasteiger partial charge >= 0.3 is 0 Å². The highest BCUT2D eigenvalue weighted by Crippen LogP contribution is 2.27. The minimum absolute atomic E-state index is 0.103. The van der Waals surface area contributed by atoms with Crippen LogP contribution in [0.25, 0.3) is 0 Å². The molecule has 0 unspecified atom stereocenters. The number of carbonyl (C=O) groups is 1. The number of thiophene rings is 1. The van der Waals surface area contributed by atoms with Crippen molar-refractivity contribution in [1.29, 1.82) is 0 Å². The van der Waals surface area contributed by atoms with Gasteiger partial charge in [-0.25, -0.2) is 0 Å². The second-order valence-electron chi connectivity index (χ2n) is 6.28. The Bertz CT molecular complexity index is 975. The Labute approximate surface area is 167 Å². The van der Waals surface area contributed by atoms with Crippen molar-refractivity contribution in [3.8, 4) is 11.5 Å². The van der Waals surface area contributed by atoms with Gasteiger partial charge in [-0.3, -0.25) is 4.79 Å². The lowest BCUT2D eigenvalue weighted by atomic mass is 10.1. The van der Waals surface area contributed by atoms with Crippen molar-refractivity contribution in [3.05, 3.63) is 107 Å². The third kappa shape index (κ3) is 4.32. The summed E-state index contributed by atoms with van der Waals surface area (Å²) in [5.41, 5.74) is 1.61. The Morgan fingerprint density at radius 2 is 1.75 bits per heavy atom. The van der Waals surface area contributed by atoms with Gasteiger partial charge in [-0.1, -0.05) is 30.3 Å². The van der Waals surface area contributed by atoms with Crippen LogP contribution in [0.4, 0.5) is 0 Å². The first kappa shape index (κ1) is 18.1. The van der Waals surface area contributed by atoms with Crippen LogP contribution in [0.3, 0.4) is 0 Å². The molecule has 0 saturated heterocycles. The fourth-order valence-electron chi connectivity index (χ4n) is 2.91. The van der Waals surface area contributed by atoms with Gasteiger partial charge in [0.25, 0.3) is 5.91 Å². The van der Waals surface area contributed by atoms with E-state index in [1.54, 1.807) is 28.6 Å². The smallest absolute Gasteiger partial charge is 0.258 e. The van der Waals surface area contributed by atoms with E-state index >= 15 is 0 Å². The first-order chi connectivity index (χ1) is 13.8. The van der Waals surface area contributed by atoms with Crippen molar-refractivity contribution in [2.75, 3.05) is 0 Å². The number of rotatable bonds is 7. The number of hydrogen-bond donors (Lipinski definition) is 0. The molecule has 0 aliphatic heterocycles. The molecule has 0 aliphatic carbocycles. The second-order valence-corrected chi connectivity index (χ2v) is 7.06. The molecule has 2 aromatic heterocycles. The van der Waals surface area contributed by atoms with Gasteiger partial charge in [0.15, 0.2) is 0 Å². The number of para-hydroxylation sites is 2. The summed E-state index contributed by atoms with van der Waals surface area (Å²) >= 11 is 1.62. The summed E-state index contributed by atoms with van der Waals surface area (Å²) in [6.45, 7) is 0.893. The first-order valence-corrected chi connectivity index (χ1v) is 9.88. The van der Waals surface area contributed by atoms with Crippen LogP contribution in [0.15, 0.2) is 94.2 Å². The van der Waals surface area contributed by atoms with Gasteiger partial charge in [0, 0.05) is 6.54 Å². The average molecular weight is 389 g/mol. The predicted octanol–water partition coefficient (Wildman–Crippen LogP) is 5.98. The van der Waals surface area contributed by atoms with Crippen molar-refractivity contribution in [3.63, 3.8) is 0 Å². The minimum Gasteiger partial charge on any atom is -0.467 e. The van der Waals surface area contributed by atoms with Crippen molar-refractivity contribution < 1.29 is 13.9 Å². The topological polar surface area (TPSA) is 42.7 Å². The van der Waals surface area contributed by atoms with Crippen molar-refractivity contribution >= 4 is 17.2 Å². The summed E-state index contributed by atoms with van der Waals surface area (Å²) in [5.74, 6) is 1.87. The lowest BCUT2D eigenvalue weighted by Crippen LogP contribution is -2.30. The van der Waals surface area contributed by atoms with Crippen LogP contribution < -0.4 is 4.74 Å². The van der Waals surface area contributed by atoms with E-state index < -0.39 is 0 Å². The zero-order valence-electron chi connectivity index (χ0n) is 15.2. The Kier molecular flexibility index (Phi) is 5.54. The number of hydrogen-bond acceptors (Lipinski definition) is 4. The standard InChI is InChI=1S/C23H19NO3S/c25-23(21-10-4-5-11-22(21)27-19-7-2-1-3-8-19)24(15-18-12-14-28-17-18)16-20-9-6-13-26-20/h1-14,17H,15-16H2. The van der Waals surface area contributed by atoms with Crippen LogP contribution in [0, 0.1) is 0 Å². The number of amides is 1. The van der Waals surface area contributed by atoms with Crippen molar-refractivity contribution in [1.82, 2.24) is 4.90 Å². The van der Waals surface area contributed by atoms with Gasteiger partial charge in [-0.2, -0.15) is 11.3 Å². The number of ether oxygens (including phenoxy) is 1. The maximum absolute atomic E-state index is 13.4. The van der Waals surface area contributed by atoms with Crippen LogP contribution in [0.5, 0.6) is 11.5 Å². The zero-order chi connectivity index (χ0) is 19.2. The van der Waals surface area contributed by atoms with Crippen LogP contribution in [0.2, 0.25) is 0 Å². The van der Waals surface area contributed by atoms with Crippen molar-refractivity contribution in [2.24, 2.45) is 0 Å². The molecule has 0 atom stereocenters. The lowest BCUT2D eigenvalue weighted by molar-refractivity contribution is 0.0715. The maximum Gasteiger partial charge on any atom is 0.258 e. The van der Waals surface area contributed by atoms with Crippen LogP contribution in [-0.2, 0) is 13.1 Å². The van der Waals surface area contributed by atoms with Crippen LogP contribution in [0.1, 0.15) is 21.7 Å². The maximum atomic E-state index is 13.4. The number of carbonyl (C=O) groups excluding carboxylic acids is 1. The molecule has 0 saturated carbocycles. The molecule has 0 bridgehead atoms. The second kappa shape index (κ2) is 8.59. The molecule has 4 rings (SSSR count). The highest BCUT2D eigenvalue weighted by Gasteiger charge is 2.21. The summed E-state index contributed by atoms with van der Waals surface area (Å²) in [4.78, 5) is 15.2. The van der Waals surface area contributed by atoms with Gasteiger partial charge in [-0.15, -0.1) is 0 Å². The monoisotopic (exact) mass is 389 g/mol. The molecule has 0 aliphatic rings. The number of furan rings is 1. The highest BCUT2D eigenvalue weighted by molar-refractivity contribution is 7.07. The van der Waals surface area contributed by atoms with E-state index in [4.69, 9.17) is 9.15 Å². The Hall–Kier alpha value is -3.31. The van der Waals surface area contributed by atoms with E-state index in [2.05, 4.69) is 5.38 Å². The van der Waals surface area contributed by atoms with E-state index in [0.717, 1.165) is 11.3 Å². The molecular weight excluding hydrogens is 370 g/mol. The zero-order valence-corrected chi connectivity index (χ0v) is 16.0. The molecule has 1 amide bonds. The molecule has 4 nitrogen and oxygen atoms in total. The average Bonchev–Trinajstić information content (AvgIpc) is 3.42. The molecule has 0 fully saturated rings. The fraction of sp³-hybridized carbons (Fsp3) is 0.0870. The molecule has 0 radical (unpaired) electrons. The normalized spacial score (nSPS) is 10.6. The number of benzene rings is 2. The molecule has 28 heavy (non-hydrogen) atoms. The summed E-state index contributed by atoms with van der Waals surface area (Å²) < 4.78 is 11.5. The molecule has 2 heterocycles. The van der Waals surface area contributed by atoms with E-state index in [0.29, 0.717) is 30.2 Å².